The molecule has 1 aromatic heterocycles. The molecule has 4 heteroatoms. The largest absolute Gasteiger partial charge is 0.347 e. The molecule has 0 radical (unpaired) electrons. The van der Waals surface area contributed by atoms with Gasteiger partial charge >= 0.3 is 0 Å². The summed E-state index contributed by atoms with van der Waals surface area (Å²) < 4.78 is 0. The normalized spacial score (nSPS) is 23.6. The number of nitrogens with zero attached hydrogens (tertiary/aromatic N) is 1. The number of imidazole rings is 1. The predicted molar refractivity (Wildman–Crippen MR) is 73.3 cm³/mol. The highest BCUT2D eigenvalue weighted by Gasteiger charge is 2.25. The Hall–Kier alpha value is -0.540. The quantitative estimate of drug-likeness (QED) is 0.821. The number of hydrogen-bond donors (Lipinski definition) is 2. The third-order valence-corrected chi connectivity index (χ3v) is 3.70. The van der Waals surface area contributed by atoms with Gasteiger partial charge in [-0.25, -0.2) is 4.98 Å². The van der Waals surface area contributed by atoms with Crippen LogP contribution in [0, 0.1) is 5.92 Å². The Balaban J connectivity index is 0.00000144. The summed E-state index contributed by atoms with van der Waals surface area (Å²) in [6.45, 7) is 3.22. The molecule has 0 aliphatic heterocycles. The molecule has 0 saturated heterocycles. The first-order valence-corrected chi connectivity index (χ1v) is 6.60. The van der Waals surface area contributed by atoms with Crippen LogP contribution in [0.1, 0.15) is 51.1 Å². The summed E-state index contributed by atoms with van der Waals surface area (Å²) in [5, 5.41) is 3.67. The Morgan fingerprint density at radius 2 is 2.35 bits per heavy atom. The Labute approximate surface area is 110 Å². The average Bonchev–Trinajstić information content (AvgIpc) is 2.94. The van der Waals surface area contributed by atoms with Crippen LogP contribution in [0.15, 0.2) is 12.5 Å². The van der Waals surface area contributed by atoms with E-state index in [0.717, 1.165) is 18.5 Å². The molecule has 0 bridgehead atoms. The maximum absolute atomic E-state index is 4.04. The molecule has 2 atom stereocenters. The molecule has 3 nitrogen and oxygen atoms in total. The lowest BCUT2D eigenvalue weighted by Gasteiger charge is -2.20. The molecule has 1 aromatic rings. The van der Waals surface area contributed by atoms with E-state index in [1.165, 1.54) is 44.2 Å². The Kier molecular flexibility index (Phi) is 6.60. The van der Waals surface area contributed by atoms with Crippen LogP contribution in [0.5, 0.6) is 0 Å². The summed E-state index contributed by atoms with van der Waals surface area (Å²) in [5.74, 6) is 0.905. The molecular formula is C13H24ClN3. The zero-order chi connectivity index (χ0) is 11.2. The maximum atomic E-state index is 4.04. The molecular weight excluding hydrogens is 234 g/mol. The lowest BCUT2D eigenvalue weighted by Crippen LogP contribution is -2.32. The highest BCUT2D eigenvalue weighted by atomic mass is 35.5. The van der Waals surface area contributed by atoms with Crippen molar-refractivity contribution in [2.24, 2.45) is 5.92 Å². The van der Waals surface area contributed by atoms with Crippen molar-refractivity contribution in [1.82, 2.24) is 15.3 Å². The summed E-state index contributed by atoms with van der Waals surface area (Å²) in [5.41, 5.74) is 1.20. The molecule has 2 rings (SSSR count). The van der Waals surface area contributed by atoms with E-state index < -0.39 is 0 Å². The summed E-state index contributed by atoms with van der Waals surface area (Å²) >= 11 is 0. The molecule has 1 heterocycles. The number of nitrogens with one attached hydrogen (secondary N) is 2. The van der Waals surface area contributed by atoms with Crippen LogP contribution >= 0.6 is 12.4 Å². The molecule has 0 aromatic carbocycles. The molecule has 0 spiro atoms. The van der Waals surface area contributed by atoms with Gasteiger partial charge in [-0.05, 0) is 25.2 Å². The van der Waals surface area contributed by atoms with Crippen molar-refractivity contribution < 1.29 is 0 Å². The van der Waals surface area contributed by atoms with E-state index in [1.54, 1.807) is 6.33 Å². The SMILES string of the molecule is CCCCC1CCCC1NCc1cnc[nH]1.Cl. The van der Waals surface area contributed by atoms with Crippen molar-refractivity contribution in [2.75, 3.05) is 0 Å². The van der Waals surface area contributed by atoms with Crippen molar-refractivity contribution in [3.05, 3.63) is 18.2 Å². The van der Waals surface area contributed by atoms with Crippen LogP contribution in [0.3, 0.4) is 0 Å². The van der Waals surface area contributed by atoms with Gasteiger partial charge in [0.15, 0.2) is 0 Å². The number of aromatic nitrogens is 2. The van der Waals surface area contributed by atoms with E-state index >= 15 is 0 Å². The zero-order valence-corrected chi connectivity index (χ0v) is 11.4. The van der Waals surface area contributed by atoms with Crippen LogP contribution < -0.4 is 5.32 Å². The smallest absolute Gasteiger partial charge is 0.0922 e. The minimum absolute atomic E-state index is 0. The first kappa shape index (κ1) is 14.5. The monoisotopic (exact) mass is 257 g/mol. The summed E-state index contributed by atoms with van der Waals surface area (Å²) in [6.07, 6.45) is 11.9. The van der Waals surface area contributed by atoms with Crippen molar-refractivity contribution in [2.45, 2.75) is 58.0 Å². The molecule has 1 aliphatic rings. The number of halogens is 1. The zero-order valence-electron chi connectivity index (χ0n) is 10.6. The summed E-state index contributed by atoms with van der Waals surface area (Å²) in [4.78, 5) is 7.19. The number of aromatic amines is 1. The molecule has 2 N–H and O–H groups in total. The lowest BCUT2D eigenvalue weighted by molar-refractivity contribution is 0.367. The fraction of sp³-hybridized carbons (Fsp3) is 0.769. The number of unbranched alkanes of at least 4 members (excludes halogenated alkanes) is 1. The van der Waals surface area contributed by atoms with Crippen molar-refractivity contribution in [3.8, 4) is 0 Å². The van der Waals surface area contributed by atoms with Crippen molar-refractivity contribution in [3.63, 3.8) is 0 Å². The van der Waals surface area contributed by atoms with Gasteiger partial charge in [0.05, 0.1) is 6.33 Å². The van der Waals surface area contributed by atoms with E-state index in [4.69, 9.17) is 0 Å². The number of hydrogen-bond acceptors (Lipinski definition) is 2. The molecule has 1 saturated carbocycles. The molecule has 0 amide bonds. The van der Waals surface area contributed by atoms with Gasteiger partial charge in [-0.2, -0.15) is 0 Å². The van der Waals surface area contributed by atoms with E-state index in [0.29, 0.717) is 0 Å². The topological polar surface area (TPSA) is 40.7 Å². The van der Waals surface area contributed by atoms with Crippen LogP contribution in [-0.4, -0.2) is 16.0 Å². The van der Waals surface area contributed by atoms with Gasteiger partial charge < -0.3 is 10.3 Å². The minimum atomic E-state index is 0. The van der Waals surface area contributed by atoms with Gasteiger partial charge in [0.2, 0.25) is 0 Å². The van der Waals surface area contributed by atoms with Crippen LogP contribution in [0.2, 0.25) is 0 Å². The summed E-state index contributed by atoms with van der Waals surface area (Å²) in [7, 11) is 0. The first-order valence-electron chi connectivity index (χ1n) is 6.60. The maximum Gasteiger partial charge on any atom is 0.0922 e. The van der Waals surface area contributed by atoms with E-state index in [9.17, 15) is 0 Å². The number of rotatable bonds is 6. The predicted octanol–water partition coefficient (Wildman–Crippen LogP) is 3.28. The Bertz CT molecular complexity index is 287. The van der Waals surface area contributed by atoms with Gasteiger partial charge in [0.25, 0.3) is 0 Å². The van der Waals surface area contributed by atoms with Gasteiger partial charge in [-0.3, -0.25) is 0 Å². The minimum Gasteiger partial charge on any atom is -0.347 e. The van der Waals surface area contributed by atoms with Gasteiger partial charge in [-0.1, -0.05) is 26.2 Å². The van der Waals surface area contributed by atoms with Gasteiger partial charge in [0, 0.05) is 24.5 Å². The molecule has 98 valence electrons. The Morgan fingerprint density at radius 3 is 3.06 bits per heavy atom. The summed E-state index contributed by atoms with van der Waals surface area (Å²) in [6, 6.07) is 0.731. The second-order valence-corrected chi connectivity index (χ2v) is 4.90. The third-order valence-electron chi connectivity index (χ3n) is 3.70. The highest BCUT2D eigenvalue weighted by Crippen LogP contribution is 2.29. The average molecular weight is 258 g/mol. The number of H-pyrrole nitrogens is 1. The lowest BCUT2D eigenvalue weighted by atomic mass is 9.97. The first-order chi connectivity index (χ1) is 7.90. The molecule has 17 heavy (non-hydrogen) atoms. The standard InChI is InChI=1S/C13H23N3.ClH/c1-2-3-5-11-6-4-7-13(11)15-9-12-8-14-10-16-12;/h8,10-11,13,15H,2-7,9H2,1H3,(H,14,16);1H. The van der Waals surface area contributed by atoms with E-state index in [1.807, 2.05) is 6.20 Å². The Morgan fingerprint density at radius 1 is 1.47 bits per heavy atom. The highest BCUT2D eigenvalue weighted by molar-refractivity contribution is 5.85. The van der Waals surface area contributed by atoms with Crippen molar-refractivity contribution >= 4 is 12.4 Å². The fourth-order valence-electron chi connectivity index (χ4n) is 2.74. The van der Waals surface area contributed by atoms with E-state index in [2.05, 4.69) is 22.2 Å². The fourth-order valence-corrected chi connectivity index (χ4v) is 2.74. The second-order valence-electron chi connectivity index (χ2n) is 4.90. The van der Waals surface area contributed by atoms with Crippen LogP contribution in [0.4, 0.5) is 0 Å². The van der Waals surface area contributed by atoms with E-state index in [-0.39, 0.29) is 12.4 Å². The third kappa shape index (κ3) is 4.32. The van der Waals surface area contributed by atoms with Gasteiger partial charge in [0.1, 0.15) is 0 Å². The van der Waals surface area contributed by atoms with Crippen molar-refractivity contribution in [1.29, 1.82) is 0 Å². The second kappa shape index (κ2) is 7.72. The molecule has 1 aliphatic carbocycles. The molecule has 2 unspecified atom stereocenters. The molecule has 1 fully saturated rings. The van der Waals surface area contributed by atoms with Crippen LogP contribution in [0.25, 0.3) is 0 Å². The van der Waals surface area contributed by atoms with Crippen LogP contribution in [-0.2, 0) is 6.54 Å². The van der Waals surface area contributed by atoms with Gasteiger partial charge in [-0.15, -0.1) is 12.4 Å².